The van der Waals surface area contributed by atoms with Crippen LogP contribution in [0.25, 0.3) is 0 Å². The van der Waals surface area contributed by atoms with Crippen molar-refractivity contribution in [1.29, 1.82) is 0 Å². The standard InChI is InChI=1S/C14H18I3N3O6/c15-9-7(13(25)19-1-5(23)3-21)10(16)12(18)11(17)8(9)14(26)20-2-6(24)4-22/h5-6,21-24H,1-4,18H2,(H,19,25)(H,20,26)/t5-,6+. The average Bonchev–Trinajstić information content (AvgIpc) is 2.62. The van der Waals surface area contributed by atoms with Crippen molar-refractivity contribution in [3.05, 3.63) is 21.8 Å². The zero-order valence-corrected chi connectivity index (χ0v) is 19.8. The highest BCUT2D eigenvalue weighted by molar-refractivity contribution is 14.1. The topological polar surface area (TPSA) is 165 Å². The minimum atomic E-state index is -1.10. The lowest BCUT2D eigenvalue weighted by Crippen LogP contribution is -2.37. The molecule has 0 radical (unpaired) electrons. The number of nitrogens with two attached hydrogens (primary N) is 1. The van der Waals surface area contributed by atoms with Gasteiger partial charge in [0.15, 0.2) is 0 Å². The van der Waals surface area contributed by atoms with Crippen LogP contribution in [0.4, 0.5) is 5.69 Å². The normalized spacial score (nSPS) is 13.2. The van der Waals surface area contributed by atoms with Gasteiger partial charge in [0.05, 0.1) is 49.4 Å². The van der Waals surface area contributed by atoms with E-state index in [2.05, 4.69) is 10.6 Å². The zero-order chi connectivity index (χ0) is 20.0. The van der Waals surface area contributed by atoms with Gasteiger partial charge >= 0.3 is 0 Å². The van der Waals surface area contributed by atoms with Gasteiger partial charge in [0, 0.05) is 16.7 Å². The highest BCUT2D eigenvalue weighted by Gasteiger charge is 2.27. The number of hydrogen-bond acceptors (Lipinski definition) is 7. The Hall–Kier alpha value is -0.0100. The summed E-state index contributed by atoms with van der Waals surface area (Å²) in [5.74, 6) is -1.09. The molecule has 0 fully saturated rings. The van der Waals surface area contributed by atoms with E-state index in [0.29, 0.717) is 10.7 Å². The molecule has 26 heavy (non-hydrogen) atoms. The summed E-state index contributed by atoms with van der Waals surface area (Å²) in [6.07, 6.45) is -2.20. The first-order valence-electron chi connectivity index (χ1n) is 7.25. The van der Waals surface area contributed by atoms with Crippen LogP contribution in [0.3, 0.4) is 0 Å². The number of halogens is 3. The summed E-state index contributed by atoms with van der Waals surface area (Å²) in [7, 11) is 0. The molecule has 0 aromatic heterocycles. The first-order chi connectivity index (χ1) is 12.1. The summed E-state index contributed by atoms with van der Waals surface area (Å²) in [6, 6.07) is 0. The average molecular weight is 705 g/mol. The number of anilines is 1. The molecule has 2 amide bonds. The molecule has 146 valence electrons. The van der Waals surface area contributed by atoms with E-state index >= 15 is 0 Å². The van der Waals surface area contributed by atoms with Crippen LogP contribution < -0.4 is 16.4 Å². The van der Waals surface area contributed by atoms with Gasteiger partial charge in [-0.05, 0) is 67.8 Å². The molecule has 0 spiro atoms. The van der Waals surface area contributed by atoms with Crippen LogP contribution in [0.15, 0.2) is 0 Å². The van der Waals surface area contributed by atoms with Gasteiger partial charge in [-0.1, -0.05) is 0 Å². The number of carbonyl (C=O) groups is 2. The molecule has 1 aromatic carbocycles. The number of aliphatic hydroxyl groups is 4. The summed E-state index contributed by atoms with van der Waals surface area (Å²) in [4.78, 5) is 25.0. The largest absolute Gasteiger partial charge is 0.397 e. The van der Waals surface area contributed by atoms with Crippen LogP contribution in [-0.2, 0) is 0 Å². The van der Waals surface area contributed by atoms with Crippen molar-refractivity contribution in [3.8, 4) is 0 Å². The van der Waals surface area contributed by atoms with Crippen LogP contribution in [0.5, 0.6) is 0 Å². The number of aliphatic hydroxyl groups excluding tert-OH is 4. The van der Waals surface area contributed by atoms with Crippen molar-refractivity contribution >= 4 is 85.3 Å². The Kier molecular flexibility index (Phi) is 10.3. The molecule has 0 aliphatic rings. The van der Waals surface area contributed by atoms with Crippen LogP contribution in [0.1, 0.15) is 20.7 Å². The maximum Gasteiger partial charge on any atom is 0.253 e. The number of benzene rings is 1. The molecule has 12 heteroatoms. The second kappa shape index (κ2) is 11.1. The van der Waals surface area contributed by atoms with Crippen molar-refractivity contribution in [2.45, 2.75) is 12.2 Å². The smallest absolute Gasteiger partial charge is 0.253 e. The van der Waals surface area contributed by atoms with E-state index in [4.69, 9.17) is 15.9 Å². The van der Waals surface area contributed by atoms with E-state index in [-0.39, 0.29) is 29.9 Å². The van der Waals surface area contributed by atoms with E-state index in [1.54, 1.807) is 0 Å². The number of carbonyl (C=O) groups excluding carboxylic acids is 2. The van der Waals surface area contributed by atoms with E-state index < -0.39 is 37.2 Å². The maximum absolute atomic E-state index is 12.5. The minimum absolute atomic E-state index is 0.155. The zero-order valence-electron chi connectivity index (χ0n) is 13.3. The van der Waals surface area contributed by atoms with Gasteiger partial charge in [-0.3, -0.25) is 9.59 Å². The third-order valence-corrected chi connectivity index (χ3v) is 6.54. The molecule has 2 atom stereocenters. The second-order valence-corrected chi connectivity index (χ2v) is 8.43. The van der Waals surface area contributed by atoms with Gasteiger partial charge in [0.1, 0.15) is 0 Å². The molecule has 0 saturated heterocycles. The summed E-state index contributed by atoms with van der Waals surface area (Å²) < 4.78 is 1.27. The second-order valence-electron chi connectivity index (χ2n) is 5.20. The van der Waals surface area contributed by atoms with Crippen molar-refractivity contribution in [2.24, 2.45) is 0 Å². The van der Waals surface area contributed by atoms with Gasteiger partial charge in [0.2, 0.25) is 0 Å². The molecule has 0 aliphatic heterocycles. The summed E-state index contributed by atoms with van der Waals surface area (Å²) in [5.41, 5.74) is 6.66. The minimum Gasteiger partial charge on any atom is -0.397 e. The maximum atomic E-state index is 12.5. The lowest BCUT2D eigenvalue weighted by atomic mass is 10.1. The molecule has 8 N–H and O–H groups in total. The molecule has 1 aromatic rings. The Bertz CT molecular complexity index is 635. The predicted octanol–water partition coefficient (Wildman–Crippen LogP) is -0.751. The first-order valence-corrected chi connectivity index (χ1v) is 10.5. The van der Waals surface area contributed by atoms with E-state index in [9.17, 15) is 19.8 Å². The molecule has 1 rings (SSSR count). The highest BCUT2D eigenvalue weighted by Crippen LogP contribution is 2.33. The van der Waals surface area contributed by atoms with Crippen molar-refractivity contribution in [1.82, 2.24) is 10.6 Å². The van der Waals surface area contributed by atoms with Crippen molar-refractivity contribution in [3.63, 3.8) is 0 Å². The van der Waals surface area contributed by atoms with Gasteiger partial charge in [-0.15, -0.1) is 0 Å². The van der Waals surface area contributed by atoms with E-state index in [1.807, 2.05) is 67.8 Å². The number of nitrogens with one attached hydrogen (secondary N) is 2. The van der Waals surface area contributed by atoms with Gasteiger partial charge < -0.3 is 36.8 Å². The quantitative estimate of drug-likeness (QED) is 0.138. The lowest BCUT2D eigenvalue weighted by molar-refractivity contribution is 0.0798. The summed E-state index contributed by atoms with van der Waals surface area (Å²) in [6.45, 7) is -1.30. The van der Waals surface area contributed by atoms with Gasteiger partial charge in [-0.25, -0.2) is 0 Å². The van der Waals surface area contributed by atoms with E-state index in [1.165, 1.54) is 0 Å². The fraction of sp³-hybridized carbons (Fsp3) is 0.429. The Balaban J connectivity index is 3.22. The highest BCUT2D eigenvalue weighted by atomic mass is 127. The van der Waals surface area contributed by atoms with Crippen molar-refractivity contribution < 1.29 is 30.0 Å². The molecule has 0 unspecified atom stereocenters. The SMILES string of the molecule is Nc1c(I)c(C(=O)NC[C@H](O)CO)c(I)c(C(=O)NC[C@@H](O)CO)c1I. The van der Waals surface area contributed by atoms with Gasteiger partial charge in [0.25, 0.3) is 11.8 Å². The molecular weight excluding hydrogens is 687 g/mol. The van der Waals surface area contributed by atoms with Crippen LogP contribution in [-0.4, -0.2) is 70.8 Å². The van der Waals surface area contributed by atoms with Crippen LogP contribution in [0, 0.1) is 10.7 Å². The fourth-order valence-electron chi connectivity index (χ4n) is 1.81. The Labute approximate surface area is 190 Å². The summed E-state index contributed by atoms with van der Waals surface area (Å²) in [5, 5.41) is 41.4. The number of rotatable bonds is 8. The molecule has 0 saturated carbocycles. The predicted molar refractivity (Wildman–Crippen MR) is 120 cm³/mol. The van der Waals surface area contributed by atoms with E-state index in [0.717, 1.165) is 0 Å². The van der Waals surface area contributed by atoms with Crippen LogP contribution >= 0.6 is 67.8 Å². The fourth-order valence-corrected chi connectivity index (χ4v) is 5.95. The molecule has 0 heterocycles. The first kappa shape index (κ1) is 24.0. The molecule has 0 aliphatic carbocycles. The molecule has 9 nitrogen and oxygen atoms in total. The Morgan fingerprint density at radius 2 is 1.19 bits per heavy atom. The number of hydrogen-bond donors (Lipinski definition) is 7. The Morgan fingerprint density at radius 3 is 1.50 bits per heavy atom. The Morgan fingerprint density at radius 1 is 0.846 bits per heavy atom. The third-order valence-electron chi connectivity index (χ3n) is 3.22. The summed E-state index contributed by atoms with van der Waals surface area (Å²) >= 11 is 5.67. The lowest BCUT2D eigenvalue weighted by Gasteiger charge is -2.18. The van der Waals surface area contributed by atoms with Crippen molar-refractivity contribution in [2.75, 3.05) is 32.0 Å². The van der Waals surface area contributed by atoms with Gasteiger partial charge in [-0.2, -0.15) is 0 Å². The number of nitrogen functional groups attached to an aromatic ring is 1. The monoisotopic (exact) mass is 705 g/mol. The third kappa shape index (κ3) is 5.99. The van der Waals surface area contributed by atoms with Crippen LogP contribution in [0.2, 0.25) is 0 Å². The molecule has 0 bridgehead atoms. The number of amides is 2. The molecular formula is C14H18I3N3O6.